The van der Waals surface area contributed by atoms with Gasteiger partial charge in [0.2, 0.25) is 0 Å². The van der Waals surface area contributed by atoms with Crippen molar-refractivity contribution >= 4 is 39.7 Å². The van der Waals surface area contributed by atoms with E-state index in [4.69, 9.17) is 0 Å². The smallest absolute Gasteiger partial charge is 0.172 e. The fourth-order valence-electron chi connectivity index (χ4n) is 1.72. The molecule has 0 saturated heterocycles. The average molecular weight is 373 g/mol. The van der Waals surface area contributed by atoms with E-state index in [1.165, 1.54) is 10.4 Å². The minimum absolute atomic E-state index is 0.843. The minimum atomic E-state index is 0.843. The summed E-state index contributed by atoms with van der Waals surface area (Å²) in [5.74, 6) is 1.79. The van der Waals surface area contributed by atoms with Gasteiger partial charge in [0.05, 0.1) is 14.1 Å². The molecule has 0 spiro atoms. The van der Waals surface area contributed by atoms with Crippen molar-refractivity contribution in [1.29, 1.82) is 0 Å². The number of hydrogen-bond acceptors (Lipinski definition) is 4. The van der Waals surface area contributed by atoms with Crippen LogP contribution in [-0.4, -0.2) is 16.5 Å². The number of aryl methyl sites for hydroxylation is 2. The Morgan fingerprint density at radius 3 is 2.67 bits per heavy atom. The Morgan fingerprint density at radius 2 is 2.11 bits per heavy atom. The molecular weight excluding hydrogens is 357 g/mol. The fourth-order valence-corrected chi connectivity index (χ4v) is 3.39. The van der Waals surface area contributed by atoms with Crippen molar-refractivity contribution in [2.24, 2.45) is 0 Å². The maximum Gasteiger partial charge on any atom is 0.172 e. The first-order chi connectivity index (χ1) is 8.67. The topological polar surface area (TPSA) is 37.8 Å². The predicted molar refractivity (Wildman–Crippen MR) is 86.3 cm³/mol. The molecule has 0 atom stereocenters. The normalized spacial score (nSPS) is 10.7. The Morgan fingerprint density at radius 1 is 1.33 bits per heavy atom. The van der Waals surface area contributed by atoms with Gasteiger partial charge in [0.1, 0.15) is 5.82 Å². The second-order valence-corrected chi connectivity index (χ2v) is 5.97. The van der Waals surface area contributed by atoms with Crippen LogP contribution in [0.1, 0.15) is 25.1 Å². The Kier molecular flexibility index (Phi) is 4.55. The van der Waals surface area contributed by atoms with Crippen molar-refractivity contribution in [2.45, 2.75) is 27.2 Å². The van der Waals surface area contributed by atoms with Crippen LogP contribution in [-0.2, 0) is 6.42 Å². The average Bonchev–Trinajstić information content (AvgIpc) is 2.78. The van der Waals surface area contributed by atoms with Gasteiger partial charge < -0.3 is 5.32 Å². The van der Waals surface area contributed by atoms with E-state index in [1.807, 2.05) is 0 Å². The number of thiophene rings is 1. The molecule has 0 aromatic carbocycles. The summed E-state index contributed by atoms with van der Waals surface area (Å²) in [6.07, 6.45) is 0.927. The molecular formula is C13H16IN3S. The molecule has 0 radical (unpaired) electrons. The summed E-state index contributed by atoms with van der Waals surface area (Å²) in [5, 5.41) is 5.41. The third-order valence-corrected chi connectivity index (χ3v) is 4.81. The first-order valence-corrected chi connectivity index (χ1v) is 7.97. The van der Waals surface area contributed by atoms with Gasteiger partial charge in [0, 0.05) is 6.54 Å². The van der Waals surface area contributed by atoms with Gasteiger partial charge in [-0.1, -0.05) is 6.92 Å². The molecule has 2 aromatic rings. The number of rotatable bonds is 4. The lowest BCUT2D eigenvalue weighted by Gasteiger charge is -2.11. The standard InChI is InChI=1S/C13H16IN3S/c1-4-9-10(14)12(15-5-2)17-13(16-9)11-8(3)6-7-18-11/h6-7H,4-5H2,1-3H3,(H,15,16,17). The van der Waals surface area contributed by atoms with Gasteiger partial charge in [-0.05, 0) is 59.9 Å². The highest BCUT2D eigenvalue weighted by Crippen LogP contribution is 2.29. The van der Waals surface area contributed by atoms with Crippen LogP contribution in [0.2, 0.25) is 0 Å². The van der Waals surface area contributed by atoms with Gasteiger partial charge in [-0.3, -0.25) is 0 Å². The summed E-state index contributed by atoms with van der Waals surface area (Å²) in [4.78, 5) is 10.5. The Labute approximate surface area is 125 Å². The van der Waals surface area contributed by atoms with Crippen molar-refractivity contribution in [3.05, 3.63) is 26.3 Å². The summed E-state index contributed by atoms with van der Waals surface area (Å²) >= 11 is 4.02. The van der Waals surface area contributed by atoms with Crippen LogP contribution in [0.4, 0.5) is 5.82 Å². The van der Waals surface area contributed by atoms with Crippen LogP contribution < -0.4 is 5.32 Å². The minimum Gasteiger partial charge on any atom is -0.369 e. The molecule has 96 valence electrons. The third-order valence-electron chi connectivity index (χ3n) is 2.66. The summed E-state index contributed by atoms with van der Waals surface area (Å²) in [5.41, 5.74) is 2.36. The van der Waals surface area contributed by atoms with Crippen molar-refractivity contribution in [3.63, 3.8) is 0 Å². The van der Waals surface area contributed by atoms with Crippen molar-refractivity contribution in [1.82, 2.24) is 9.97 Å². The highest BCUT2D eigenvalue weighted by atomic mass is 127. The van der Waals surface area contributed by atoms with Gasteiger partial charge in [0.25, 0.3) is 0 Å². The summed E-state index contributed by atoms with van der Waals surface area (Å²) in [6.45, 7) is 7.19. The van der Waals surface area contributed by atoms with Gasteiger partial charge in [-0.2, -0.15) is 0 Å². The van der Waals surface area contributed by atoms with Crippen LogP contribution in [0.25, 0.3) is 10.7 Å². The van der Waals surface area contributed by atoms with E-state index in [0.717, 1.165) is 33.9 Å². The lowest BCUT2D eigenvalue weighted by atomic mass is 10.2. The predicted octanol–water partition coefficient (Wildman–Crippen LogP) is 4.11. The number of aromatic nitrogens is 2. The van der Waals surface area contributed by atoms with Crippen LogP contribution in [0.5, 0.6) is 0 Å². The highest BCUT2D eigenvalue weighted by Gasteiger charge is 2.13. The molecule has 0 bridgehead atoms. The molecule has 2 rings (SSSR count). The number of hydrogen-bond donors (Lipinski definition) is 1. The molecule has 1 N–H and O–H groups in total. The van der Waals surface area contributed by atoms with Crippen molar-refractivity contribution < 1.29 is 0 Å². The molecule has 0 saturated carbocycles. The zero-order valence-electron chi connectivity index (χ0n) is 10.7. The van der Waals surface area contributed by atoms with E-state index in [2.05, 4.69) is 70.1 Å². The van der Waals surface area contributed by atoms with Gasteiger partial charge in [-0.25, -0.2) is 9.97 Å². The molecule has 0 unspecified atom stereocenters. The number of nitrogens with zero attached hydrogens (tertiary/aromatic N) is 2. The molecule has 5 heteroatoms. The number of halogens is 1. The molecule has 0 aliphatic carbocycles. The van der Waals surface area contributed by atoms with Crippen LogP contribution in [0, 0.1) is 10.5 Å². The van der Waals surface area contributed by atoms with E-state index in [1.54, 1.807) is 11.3 Å². The lowest BCUT2D eigenvalue weighted by molar-refractivity contribution is 0.984. The quantitative estimate of drug-likeness (QED) is 0.820. The molecule has 0 aliphatic rings. The van der Waals surface area contributed by atoms with Crippen molar-refractivity contribution in [3.8, 4) is 10.7 Å². The first kappa shape index (κ1) is 13.7. The first-order valence-electron chi connectivity index (χ1n) is 6.02. The van der Waals surface area contributed by atoms with E-state index in [9.17, 15) is 0 Å². The monoisotopic (exact) mass is 373 g/mol. The van der Waals surface area contributed by atoms with Gasteiger partial charge in [0.15, 0.2) is 5.82 Å². The maximum atomic E-state index is 4.69. The number of anilines is 1. The molecule has 2 heterocycles. The Balaban J connectivity index is 2.55. The largest absolute Gasteiger partial charge is 0.369 e. The summed E-state index contributed by atoms with van der Waals surface area (Å²) in [6, 6.07) is 2.11. The summed E-state index contributed by atoms with van der Waals surface area (Å²) < 4.78 is 1.13. The SMILES string of the molecule is CCNc1nc(-c2sccc2C)nc(CC)c1I. The summed E-state index contributed by atoms with van der Waals surface area (Å²) in [7, 11) is 0. The Bertz CT molecular complexity index is 551. The van der Waals surface area contributed by atoms with E-state index in [0.29, 0.717) is 0 Å². The molecule has 3 nitrogen and oxygen atoms in total. The van der Waals surface area contributed by atoms with Gasteiger partial charge >= 0.3 is 0 Å². The van der Waals surface area contributed by atoms with Crippen molar-refractivity contribution in [2.75, 3.05) is 11.9 Å². The number of nitrogens with one attached hydrogen (secondary N) is 1. The maximum absolute atomic E-state index is 4.69. The Hall–Kier alpha value is -0.690. The van der Waals surface area contributed by atoms with E-state index < -0.39 is 0 Å². The zero-order chi connectivity index (χ0) is 13.1. The molecule has 0 amide bonds. The fraction of sp³-hybridized carbons (Fsp3) is 0.385. The van der Waals surface area contributed by atoms with Crippen LogP contribution >= 0.6 is 33.9 Å². The van der Waals surface area contributed by atoms with E-state index in [-0.39, 0.29) is 0 Å². The third kappa shape index (κ3) is 2.66. The molecule has 2 aromatic heterocycles. The van der Waals surface area contributed by atoms with Crippen LogP contribution in [0.15, 0.2) is 11.4 Å². The molecule has 18 heavy (non-hydrogen) atoms. The van der Waals surface area contributed by atoms with Gasteiger partial charge in [-0.15, -0.1) is 11.3 Å². The van der Waals surface area contributed by atoms with E-state index >= 15 is 0 Å². The lowest BCUT2D eigenvalue weighted by Crippen LogP contribution is -2.07. The van der Waals surface area contributed by atoms with Crippen LogP contribution in [0.3, 0.4) is 0 Å². The second kappa shape index (κ2) is 5.97. The molecule has 0 fully saturated rings. The highest BCUT2D eigenvalue weighted by molar-refractivity contribution is 14.1. The second-order valence-electron chi connectivity index (χ2n) is 3.97. The zero-order valence-corrected chi connectivity index (χ0v) is 13.7. The molecule has 0 aliphatic heterocycles.